The molecule has 1 aromatic carbocycles. The molecule has 1 aliphatic carbocycles. The van der Waals surface area contributed by atoms with Crippen LogP contribution in [0.3, 0.4) is 0 Å². The van der Waals surface area contributed by atoms with Gasteiger partial charge in [-0.25, -0.2) is 0 Å². The SMILES string of the molecule is CCCCCCC(CCC)c1ccc(OCCC[Si](OC(C)=CC(C)=O)(OC(C)=CC(C)=O)O/C(C)=C/C(C)=O)c(C2CCCCC2)c1. The Bertz CT molecular complexity index is 1190. The summed E-state index contributed by atoms with van der Waals surface area (Å²) in [6.45, 7) is 14.3. The normalized spacial score (nSPS) is 16.5. The lowest BCUT2D eigenvalue weighted by Gasteiger charge is -2.31. The van der Waals surface area contributed by atoms with Crippen LogP contribution in [-0.4, -0.2) is 32.8 Å². The van der Waals surface area contributed by atoms with Crippen LogP contribution in [0.1, 0.15) is 162 Å². The van der Waals surface area contributed by atoms with Crippen molar-refractivity contribution in [3.63, 3.8) is 0 Å². The highest BCUT2D eigenvalue weighted by molar-refractivity contribution is 6.61. The van der Waals surface area contributed by atoms with Gasteiger partial charge in [0.2, 0.25) is 0 Å². The number of carbonyl (C=O) groups is 3. The topological polar surface area (TPSA) is 88.1 Å². The first-order valence-corrected chi connectivity index (χ1v) is 20.2. The summed E-state index contributed by atoms with van der Waals surface area (Å²) in [7, 11) is -3.66. The van der Waals surface area contributed by atoms with E-state index in [1.807, 2.05) is 0 Å². The summed E-state index contributed by atoms with van der Waals surface area (Å²) in [5, 5.41) is 0. The van der Waals surface area contributed by atoms with Crippen LogP contribution in [-0.2, 0) is 27.7 Å². The molecule has 0 aromatic heterocycles. The van der Waals surface area contributed by atoms with E-state index < -0.39 is 8.80 Å². The maximum atomic E-state index is 11.9. The molecule has 1 aromatic rings. The second-order valence-corrected chi connectivity index (χ2v) is 16.0. The van der Waals surface area contributed by atoms with Gasteiger partial charge in [0.05, 0.1) is 29.9 Å². The highest BCUT2D eigenvalue weighted by atomic mass is 28.4. The lowest BCUT2D eigenvalue weighted by Crippen LogP contribution is -2.45. The van der Waals surface area contributed by atoms with Gasteiger partial charge in [0.1, 0.15) is 5.75 Å². The maximum Gasteiger partial charge on any atom is 0.698 e. The summed E-state index contributed by atoms with van der Waals surface area (Å²) in [5.74, 6) is 2.51. The monoisotopic (exact) mass is 682 g/mol. The van der Waals surface area contributed by atoms with Crippen molar-refractivity contribution >= 4 is 26.2 Å². The quantitative estimate of drug-likeness (QED) is 0.0491. The summed E-state index contributed by atoms with van der Waals surface area (Å²) in [6.07, 6.45) is 19.6. The van der Waals surface area contributed by atoms with Crippen molar-refractivity contribution in [3.8, 4) is 5.75 Å². The van der Waals surface area contributed by atoms with E-state index in [0.717, 1.165) is 5.75 Å². The van der Waals surface area contributed by atoms with E-state index in [1.165, 1.54) is 127 Å². The molecule has 0 saturated heterocycles. The number of allylic oxidation sites excluding steroid dienone is 6. The molecule has 0 heterocycles. The van der Waals surface area contributed by atoms with Crippen molar-refractivity contribution < 1.29 is 32.4 Å². The van der Waals surface area contributed by atoms with E-state index in [9.17, 15) is 14.4 Å². The molecule has 1 saturated carbocycles. The van der Waals surface area contributed by atoms with Crippen LogP contribution in [0.5, 0.6) is 5.75 Å². The summed E-state index contributed by atoms with van der Waals surface area (Å²) < 4.78 is 25.5. The van der Waals surface area contributed by atoms with Crippen LogP contribution in [0.15, 0.2) is 53.7 Å². The second kappa shape index (κ2) is 21.8. The van der Waals surface area contributed by atoms with Gasteiger partial charge in [0.25, 0.3) is 0 Å². The number of hydrogen-bond donors (Lipinski definition) is 0. The molecular weight excluding hydrogens is 621 g/mol. The lowest BCUT2D eigenvalue weighted by molar-refractivity contribution is -0.113. The van der Waals surface area contributed by atoms with E-state index in [1.54, 1.807) is 20.8 Å². The van der Waals surface area contributed by atoms with E-state index >= 15 is 0 Å². The molecular formula is C40H62O7Si. The summed E-state index contributed by atoms with van der Waals surface area (Å²) >= 11 is 0. The smallest absolute Gasteiger partial charge is 0.493 e. The number of ketones is 3. The van der Waals surface area contributed by atoms with Crippen LogP contribution in [0.25, 0.3) is 0 Å². The Morgan fingerprint density at radius 2 is 1.29 bits per heavy atom. The van der Waals surface area contributed by atoms with E-state index in [2.05, 4.69) is 32.0 Å². The largest absolute Gasteiger partial charge is 0.698 e. The van der Waals surface area contributed by atoms with Gasteiger partial charge in [-0.15, -0.1) is 0 Å². The van der Waals surface area contributed by atoms with Gasteiger partial charge in [-0.1, -0.05) is 77.3 Å². The van der Waals surface area contributed by atoms with Crippen LogP contribution in [0, 0.1) is 0 Å². The molecule has 0 bridgehead atoms. The number of unbranched alkanes of at least 4 members (excludes halogenated alkanes) is 3. The summed E-state index contributed by atoms with van der Waals surface area (Å²) in [4.78, 5) is 35.6. The molecule has 1 unspecified atom stereocenters. The molecule has 7 nitrogen and oxygen atoms in total. The van der Waals surface area contributed by atoms with Gasteiger partial charge >= 0.3 is 8.80 Å². The fraction of sp³-hybridized carbons (Fsp3) is 0.625. The van der Waals surface area contributed by atoms with Gasteiger partial charge < -0.3 is 18.0 Å². The molecule has 0 spiro atoms. The van der Waals surface area contributed by atoms with Crippen molar-refractivity contribution in [1.82, 2.24) is 0 Å². The summed E-state index contributed by atoms with van der Waals surface area (Å²) in [6, 6.07) is 7.23. The van der Waals surface area contributed by atoms with Gasteiger partial charge in [-0.3, -0.25) is 14.4 Å². The van der Waals surface area contributed by atoms with Gasteiger partial charge in [0.15, 0.2) is 17.3 Å². The standard InChI is InChI=1S/C40H62O7Si/c1-9-11-12-14-19-36(18-10-2)38-22-23-40(39(29-38)37-20-15-13-16-21-37)44-24-17-25-48(45-33(6)26-30(3)41,46-34(7)27-31(4)42)47-35(8)28-32(5)43/h22-23,26-29,36-37H,9-21,24-25H2,1-8H3/b33-26+,34-27?,35-28?. The molecule has 0 radical (unpaired) electrons. The van der Waals surface area contributed by atoms with Crippen molar-refractivity contribution in [3.05, 3.63) is 64.8 Å². The van der Waals surface area contributed by atoms with Crippen LogP contribution < -0.4 is 4.74 Å². The zero-order valence-electron chi connectivity index (χ0n) is 31.1. The molecule has 0 aliphatic heterocycles. The molecule has 8 heteroatoms. The highest BCUT2D eigenvalue weighted by Crippen LogP contribution is 2.40. The second-order valence-electron chi connectivity index (χ2n) is 13.5. The minimum atomic E-state index is -3.66. The molecule has 1 fully saturated rings. The maximum absolute atomic E-state index is 11.9. The molecule has 0 amide bonds. The number of rotatable bonds is 23. The third-order valence-corrected chi connectivity index (χ3v) is 11.5. The third kappa shape index (κ3) is 15.4. The Balaban J connectivity index is 2.37. The zero-order valence-corrected chi connectivity index (χ0v) is 32.1. The van der Waals surface area contributed by atoms with Crippen molar-refractivity contribution in [2.75, 3.05) is 6.61 Å². The van der Waals surface area contributed by atoms with E-state index in [4.69, 9.17) is 18.0 Å². The lowest BCUT2D eigenvalue weighted by atomic mass is 9.81. The van der Waals surface area contributed by atoms with Gasteiger partial charge in [0, 0.05) is 18.2 Å². The number of benzene rings is 1. The van der Waals surface area contributed by atoms with E-state index in [-0.39, 0.29) is 17.3 Å². The average Bonchev–Trinajstić information content (AvgIpc) is 3.00. The molecule has 0 N–H and O–H groups in total. The van der Waals surface area contributed by atoms with Gasteiger partial charge in [-0.2, -0.15) is 0 Å². The Morgan fingerprint density at radius 3 is 1.79 bits per heavy atom. The first-order valence-electron chi connectivity index (χ1n) is 18.3. The first kappa shape index (κ1) is 41.0. The molecule has 268 valence electrons. The van der Waals surface area contributed by atoms with Crippen LogP contribution in [0.4, 0.5) is 0 Å². The summed E-state index contributed by atoms with van der Waals surface area (Å²) in [5.41, 5.74) is 2.77. The first-order chi connectivity index (χ1) is 22.9. The molecule has 2 rings (SSSR count). The average molecular weight is 683 g/mol. The zero-order chi connectivity index (χ0) is 35.5. The van der Waals surface area contributed by atoms with Crippen LogP contribution >= 0.6 is 0 Å². The molecule has 48 heavy (non-hydrogen) atoms. The fourth-order valence-corrected chi connectivity index (χ4v) is 9.35. The Kier molecular flexibility index (Phi) is 18.6. The fourth-order valence-electron chi connectivity index (χ4n) is 6.70. The minimum Gasteiger partial charge on any atom is -0.493 e. The van der Waals surface area contributed by atoms with Crippen molar-refractivity contribution in [1.29, 1.82) is 0 Å². The number of ether oxygens (including phenoxy) is 1. The van der Waals surface area contributed by atoms with Gasteiger partial charge in [-0.05, 0) is 103 Å². The predicted molar refractivity (Wildman–Crippen MR) is 196 cm³/mol. The Morgan fingerprint density at radius 1 is 0.729 bits per heavy atom. The van der Waals surface area contributed by atoms with Crippen molar-refractivity contribution in [2.45, 2.75) is 157 Å². The molecule has 1 aliphatic rings. The highest BCUT2D eigenvalue weighted by Gasteiger charge is 2.49. The Labute approximate surface area is 291 Å². The minimum absolute atomic E-state index is 0.174. The van der Waals surface area contributed by atoms with Crippen LogP contribution in [0.2, 0.25) is 6.04 Å². The van der Waals surface area contributed by atoms with E-state index in [0.29, 0.717) is 48.2 Å². The van der Waals surface area contributed by atoms with Crippen molar-refractivity contribution in [2.24, 2.45) is 0 Å². The molecule has 1 atom stereocenters. The predicted octanol–water partition coefficient (Wildman–Crippen LogP) is 10.8. The Hall–Kier alpha value is -3.13. The third-order valence-electron chi connectivity index (χ3n) is 8.65. The number of hydrogen-bond acceptors (Lipinski definition) is 7. The number of carbonyl (C=O) groups excluding carboxylic acids is 3.